The zero-order chi connectivity index (χ0) is 16.2. The number of aromatic carboxylic acids is 1. The van der Waals surface area contributed by atoms with Crippen molar-refractivity contribution in [2.75, 3.05) is 0 Å². The molecule has 0 fully saturated rings. The number of ether oxygens (including phenoxy) is 1. The van der Waals surface area contributed by atoms with E-state index in [1.807, 2.05) is 54.6 Å². The first kappa shape index (κ1) is 14.9. The highest BCUT2D eigenvalue weighted by Crippen LogP contribution is 2.23. The summed E-state index contributed by atoms with van der Waals surface area (Å²) in [4.78, 5) is 11.1. The molecule has 0 amide bonds. The van der Waals surface area contributed by atoms with Gasteiger partial charge in [-0.25, -0.2) is 4.79 Å². The zero-order valence-corrected chi connectivity index (χ0v) is 12.7. The first-order chi connectivity index (χ1) is 11.1. The summed E-state index contributed by atoms with van der Waals surface area (Å²) < 4.78 is 11.0. The number of hydrogen-bond acceptors (Lipinski definition) is 3. The lowest BCUT2D eigenvalue weighted by molar-refractivity contribution is 0.0692. The van der Waals surface area contributed by atoms with Crippen molar-refractivity contribution in [3.8, 4) is 16.9 Å². The minimum absolute atomic E-state index is 0.0835. The largest absolute Gasteiger partial charge is 0.486 e. The molecule has 1 heterocycles. The van der Waals surface area contributed by atoms with Gasteiger partial charge in [-0.15, -0.1) is 0 Å². The smallest absolute Gasteiger partial charge is 0.339 e. The van der Waals surface area contributed by atoms with E-state index < -0.39 is 5.97 Å². The topological polar surface area (TPSA) is 59.7 Å². The monoisotopic (exact) mass is 308 g/mol. The predicted molar refractivity (Wildman–Crippen MR) is 86.6 cm³/mol. The van der Waals surface area contributed by atoms with Gasteiger partial charge in [-0.3, -0.25) is 0 Å². The Kier molecular flexibility index (Phi) is 4.15. The van der Waals surface area contributed by atoms with Crippen LogP contribution >= 0.6 is 0 Å². The van der Waals surface area contributed by atoms with E-state index in [1.54, 1.807) is 6.92 Å². The van der Waals surface area contributed by atoms with Crippen molar-refractivity contribution in [3.63, 3.8) is 0 Å². The standard InChI is InChI=1S/C19H16O4/c1-13-11-17(19(20)21)18(23-13)12-22-16-9-7-15(8-10-16)14-5-3-2-4-6-14/h2-11H,12H2,1H3,(H,20,21). The van der Waals surface area contributed by atoms with E-state index in [4.69, 9.17) is 14.3 Å². The lowest BCUT2D eigenvalue weighted by atomic mass is 10.1. The average Bonchev–Trinajstić information content (AvgIpc) is 2.95. The first-order valence-electron chi connectivity index (χ1n) is 7.24. The molecule has 3 aromatic rings. The van der Waals surface area contributed by atoms with Gasteiger partial charge in [0.2, 0.25) is 0 Å². The Morgan fingerprint density at radius 3 is 2.35 bits per heavy atom. The number of aryl methyl sites for hydroxylation is 1. The maximum Gasteiger partial charge on any atom is 0.339 e. The molecule has 1 aromatic heterocycles. The van der Waals surface area contributed by atoms with Crippen LogP contribution in [0.4, 0.5) is 0 Å². The quantitative estimate of drug-likeness (QED) is 0.752. The fourth-order valence-electron chi connectivity index (χ4n) is 2.37. The van der Waals surface area contributed by atoms with Crippen molar-refractivity contribution in [1.82, 2.24) is 0 Å². The van der Waals surface area contributed by atoms with Crippen molar-refractivity contribution in [1.29, 1.82) is 0 Å². The van der Waals surface area contributed by atoms with Gasteiger partial charge >= 0.3 is 5.97 Å². The summed E-state index contributed by atoms with van der Waals surface area (Å²) in [5, 5.41) is 9.12. The molecule has 0 saturated carbocycles. The van der Waals surface area contributed by atoms with Gasteiger partial charge in [0.05, 0.1) is 0 Å². The van der Waals surface area contributed by atoms with Crippen molar-refractivity contribution in [2.45, 2.75) is 13.5 Å². The summed E-state index contributed by atoms with van der Waals surface area (Å²) in [6.45, 7) is 1.80. The van der Waals surface area contributed by atoms with E-state index in [9.17, 15) is 4.79 Å². The van der Waals surface area contributed by atoms with Crippen LogP contribution < -0.4 is 4.74 Å². The van der Waals surface area contributed by atoms with Gasteiger partial charge in [-0.05, 0) is 36.2 Å². The van der Waals surface area contributed by atoms with Gasteiger partial charge in [0.15, 0.2) is 5.76 Å². The molecule has 4 heteroatoms. The molecular weight excluding hydrogens is 292 g/mol. The van der Waals surface area contributed by atoms with E-state index in [0.717, 1.165) is 11.1 Å². The highest BCUT2D eigenvalue weighted by atomic mass is 16.5. The van der Waals surface area contributed by atoms with E-state index in [1.165, 1.54) is 6.07 Å². The fourth-order valence-corrected chi connectivity index (χ4v) is 2.37. The highest BCUT2D eigenvalue weighted by molar-refractivity contribution is 5.88. The number of hydrogen-bond donors (Lipinski definition) is 1. The van der Waals surface area contributed by atoms with Crippen molar-refractivity contribution in [3.05, 3.63) is 77.7 Å². The van der Waals surface area contributed by atoms with Gasteiger partial charge in [-0.1, -0.05) is 42.5 Å². The molecule has 1 N–H and O–H groups in total. The lowest BCUT2D eigenvalue weighted by Crippen LogP contribution is -2.02. The van der Waals surface area contributed by atoms with E-state index in [-0.39, 0.29) is 12.2 Å². The van der Waals surface area contributed by atoms with Gasteiger partial charge < -0.3 is 14.3 Å². The summed E-state index contributed by atoms with van der Waals surface area (Å²) in [7, 11) is 0. The Bertz CT molecular complexity index is 801. The molecule has 0 unspecified atom stereocenters. The Morgan fingerprint density at radius 2 is 1.70 bits per heavy atom. The Hall–Kier alpha value is -3.01. The maximum atomic E-state index is 11.1. The van der Waals surface area contributed by atoms with E-state index >= 15 is 0 Å². The summed E-state index contributed by atoms with van der Waals surface area (Å²) in [6, 6.07) is 19.2. The molecule has 0 atom stereocenters. The molecule has 3 rings (SSSR count). The zero-order valence-electron chi connectivity index (χ0n) is 12.7. The molecule has 4 nitrogen and oxygen atoms in total. The van der Waals surface area contributed by atoms with Gasteiger partial charge in [-0.2, -0.15) is 0 Å². The Labute approximate surface area is 134 Å². The van der Waals surface area contributed by atoms with Crippen molar-refractivity contribution >= 4 is 5.97 Å². The third-order valence-electron chi connectivity index (χ3n) is 3.49. The second-order valence-electron chi connectivity index (χ2n) is 5.18. The maximum absolute atomic E-state index is 11.1. The average molecular weight is 308 g/mol. The molecule has 0 bridgehead atoms. The molecule has 0 aliphatic rings. The highest BCUT2D eigenvalue weighted by Gasteiger charge is 2.16. The van der Waals surface area contributed by atoms with Crippen LogP contribution in [0, 0.1) is 6.92 Å². The van der Waals surface area contributed by atoms with Crippen molar-refractivity contribution in [2.24, 2.45) is 0 Å². The number of carbonyl (C=O) groups is 1. The number of rotatable bonds is 5. The molecule has 23 heavy (non-hydrogen) atoms. The van der Waals surface area contributed by atoms with Crippen LogP contribution in [-0.4, -0.2) is 11.1 Å². The van der Waals surface area contributed by atoms with Crippen LogP contribution in [0.1, 0.15) is 21.9 Å². The van der Waals surface area contributed by atoms with Crippen LogP contribution in [0.15, 0.2) is 65.1 Å². The van der Waals surface area contributed by atoms with Gasteiger partial charge in [0.1, 0.15) is 23.7 Å². The lowest BCUT2D eigenvalue weighted by Gasteiger charge is -2.07. The summed E-state index contributed by atoms with van der Waals surface area (Å²) in [6.07, 6.45) is 0. The van der Waals surface area contributed by atoms with E-state index in [0.29, 0.717) is 17.3 Å². The van der Waals surface area contributed by atoms with Crippen LogP contribution in [0.25, 0.3) is 11.1 Å². The van der Waals surface area contributed by atoms with Crippen LogP contribution in [0.5, 0.6) is 5.75 Å². The SMILES string of the molecule is Cc1cc(C(=O)O)c(COc2ccc(-c3ccccc3)cc2)o1. The van der Waals surface area contributed by atoms with Gasteiger partial charge in [0.25, 0.3) is 0 Å². The minimum atomic E-state index is -1.01. The second kappa shape index (κ2) is 6.40. The second-order valence-corrected chi connectivity index (χ2v) is 5.18. The molecule has 0 radical (unpaired) electrons. The molecule has 2 aromatic carbocycles. The van der Waals surface area contributed by atoms with Crippen LogP contribution in [-0.2, 0) is 6.61 Å². The number of carboxylic acid groups (broad SMARTS) is 1. The molecule has 0 aliphatic carbocycles. The Morgan fingerprint density at radius 1 is 1.04 bits per heavy atom. The molecule has 0 saturated heterocycles. The third-order valence-corrected chi connectivity index (χ3v) is 3.49. The molecule has 0 spiro atoms. The van der Waals surface area contributed by atoms with Crippen LogP contribution in [0.3, 0.4) is 0 Å². The van der Waals surface area contributed by atoms with E-state index in [2.05, 4.69) is 0 Å². The summed E-state index contributed by atoms with van der Waals surface area (Å²) >= 11 is 0. The summed E-state index contributed by atoms with van der Waals surface area (Å²) in [5.41, 5.74) is 2.37. The number of carboxylic acids is 1. The molecular formula is C19H16O4. The van der Waals surface area contributed by atoms with Gasteiger partial charge in [0, 0.05) is 0 Å². The summed E-state index contributed by atoms with van der Waals surface area (Å²) in [5.74, 6) is 0.525. The fraction of sp³-hybridized carbons (Fsp3) is 0.105. The van der Waals surface area contributed by atoms with Crippen molar-refractivity contribution < 1.29 is 19.1 Å². The third kappa shape index (κ3) is 3.43. The Balaban J connectivity index is 1.71. The number of furan rings is 1. The first-order valence-corrected chi connectivity index (χ1v) is 7.24. The predicted octanol–water partition coefficient (Wildman–Crippen LogP) is 4.53. The van der Waals surface area contributed by atoms with Crippen LogP contribution in [0.2, 0.25) is 0 Å². The normalized spacial score (nSPS) is 10.5. The minimum Gasteiger partial charge on any atom is -0.486 e. The molecule has 0 aliphatic heterocycles. The number of benzene rings is 2. The molecule has 116 valence electrons.